The second-order valence-corrected chi connectivity index (χ2v) is 7.70. The van der Waals surface area contributed by atoms with Crippen LogP contribution in [0.4, 0.5) is 4.39 Å². The van der Waals surface area contributed by atoms with Crippen molar-refractivity contribution in [1.82, 2.24) is 24.1 Å². The van der Waals surface area contributed by atoms with E-state index in [2.05, 4.69) is 15.1 Å². The fourth-order valence-electron chi connectivity index (χ4n) is 4.45. The van der Waals surface area contributed by atoms with Gasteiger partial charge in [-0.1, -0.05) is 11.2 Å². The van der Waals surface area contributed by atoms with Gasteiger partial charge in [-0.3, -0.25) is 9.20 Å². The standard InChI is InChI=1S/C21H22FN5O4/c1-29-11-10-26-16-13(22)6-5-7-14(16)27-12-23-15(17(27)19(26)28)18-24-20(31-25-18)21(30-2)8-3-4-9-21/h5-7,12H,3-4,8-11H2,1-2H3. The van der Waals surface area contributed by atoms with Crippen LogP contribution < -0.4 is 5.56 Å². The average molecular weight is 427 g/mol. The summed E-state index contributed by atoms with van der Waals surface area (Å²) in [6, 6.07) is 4.66. The van der Waals surface area contributed by atoms with Gasteiger partial charge in [0, 0.05) is 20.8 Å². The van der Waals surface area contributed by atoms with Gasteiger partial charge in [-0.2, -0.15) is 4.98 Å². The number of fused-ring (bicyclic) bond motifs is 3. The number of rotatable bonds is 6. The zero-order chi connectivity index (χ0) is 21.6. The summed E-state index contributed by atoms with van der Waals surface area (Å²) in [5, 5.41) is 4.09. The molecule has 0 amide bonds. The summed E-state index contributed by atoms with van der Waals surface area (Å²) in [6.07, 6.45) is 5.10. The number of benzene rings is 1. The van der Waals surface area contributed by atoms with Crippen LogP contribution in [0.2, 0.25) is 0 Å². The van der Waals surface area contributed by atoms with Crippen molar-refractivity contribution in [3.05, 3.63) is 46.6 Å². The highest BCUT2D eigenvalue weighted by atomic mass is 19.1. The second-order valence-electron chi connectivity index (χ2n) is 7.70. The monoisotopic (exact) mass is 427 g/mol. The molecule has 10 heteroatoms. The van der Waals surface area contributed by atoms with Crippen molar-refractivity contribution in [2.75, 3.05) is 20.8 Å². The molecule has 3 heterocycles. The lowest BCUT2D eigenvalue weighted by atomic mass is 10.0. The van der Waals surface area contributed by atoms with Crippen LogP contribution in [0.15, 0.2) is 33.8 Å². The molecule has 0 saturated heterocycles. The molecule has 5 rings (SSSR count). The number of ether oxygens (including phenoxy) is 2. The van der Waals surface area contributed by atoms with Crippen LogP contribution >= 0.6 is 0 Å². The zero-order valence-electron chi connectivity index (χ0n) is 17.3. The molecule has 0 aliphatic heterocycles. The van der Waals surface area contributed by atoms with Crippen molar-refractivity contribution in [3.63, 3.8) is 0 Å². The van der Waals surface area contributed by atoms with E-state index in [-0.39, 0.29) is 35.7 Å². The van der Waals surface area contributed by atoms with Crippen LogP contribution in [0.5, 0.6) is 0 Å². The van der Waals surface area contributed by atoms with E-state index in [1.165, 1.54) is 24.1 Å². The minimum atomic E-state index is -0.602. The first-order valence-electron chi connectivity index (χ1n) is 10.2. The van der Waals surface area contributed by atoms with E-state index in [9.17, 15) is 9.18 Å². The van der Waals surface area contributed by atoms with Crippen molar-refractivity contribution >= 4 is 16.6 Å². The summed E-state index contributed by atoms with van der Waals surface area (Å²) < 4.78 is 34.0. The lowest BCUT2D eigenvalue weighted by Crippen LogP contribution is -2.26. The van der Waals surface area contributed by atoms with E-state index < -0.39 is 17.0 Å². The molecular formula is C21H22FN5O4. The number of para-hydroxylation sites is 1. The first-order chi connectivity index (χ1) is 15.1. The lowest BCUT2D eigenvalue weighted by Gasteiger charge is -2.21. The molecule has 9 nitrogen and oxygen atoms in total. The Labute approximate surface area is 176 Å². The van der Waals surface area contributed by atoms with Crippen LogP contribution in [0.3, 0.4) is 0 Å². The maximum Gasteiger partial charge on any atom is 0.277 e. The molecule has 3 aromatic heterocycles. The largest absolute Gasteiger partial charge is 0.383 e. The molecule has 0 bridgehead atoms. The Bertz CT molecular complexity index is 1320. The Kier molecular flexibility index (Phi) is 4.82. The van der Waals surface area contributed by atoms with Gasteiger partial charge in [0.15, 0.2) is 0 Å². The highest BCUT2D eigenvalue weighted by Crippen LogP contribution is 2.41. The molecule has 0 unspecified atom stereocenters. The van der Waals surface area contributed by atoms with Gasteiger partial charge in [0.05, 0.1) is 12.1 Å². The molecule has 4 aromatic rings. The maximum absolute atomic E-state index is 14.7. The predicted octanol–water partition coefficient (Wildman–Crippen LogP) is 2.90. The normalized spacial score (nSPS) is 16.0. The summed E-state index contributed by atoms with van der Waals surface area (Å²) in [5.74, 6) is 0.0927. The maximum atomic E-state index is 14.7. The SMILES string of the molecule is COCCn1c(=O)c2c(-c3noc(C4(OC)CCCC4)n3)ncn2c2cccc(F)c21. The summed E-state index contributed by atoms with van der Waals surface area (Å²) in [5.41, 5.74) is 0.225. The van der Waals surface area contributed by atoms with Gasteiger partial charge in [0.1, 0.15) is 34.5 Å². The molecule has 1 fully saturated rings. The molecule has 0 spiro atoms. The van der Waals surface area contributed by atoms with E-state index in [1.54, 1.807) is 23.6 Å². The van der Waals surface area contributed by atoms with Gasteiger partial charge in [0.2, 0.25) is 5.82 Å². The van der Waals surface area contributed by atoms with Crippen molar-refractivity contribution in [2.45, 2.75) is 37.8 Å². The molecule has 1 saturated carbocycles. The highest BCUT2D eigenvalue weighted by molar-refractivity contribution is 5.84. The summed E-state index contributed by atoms with van der Waals surface area (Å²) >= 11 is 0. The average Bonchev–Trinajstić information content (AvgIpc) is 3.52. The third-order valence-electron chi connectivity index (χ3n) is 6.06. The first-order valence-corrected chi connectivity index (χ1v) is 10.2. The van der Waals surface area contributed by atoms with Gasteiger partial charge in [-0.05, 0) is 37.8 Å². The van der Waals surface area contributed by atoms with Crippen LogP contribution in [-0.2, 0) is 21.6 Å². The number of methoxy groups -OCH3 is 2. The fraction of sp³-hybridized carbons (Fsp3) is 0.429. The van der Waals surface area contributed by atoms with E-state index in [4.69, 9.17) is 14.0 Å². The van der Waals surface area contributed by atoms with Crippen LogP contribution in [0.25, 0.3) is 28.1 Å². The number of nitrogens with zero attached hydrogens (tertiary/aromatic N) is 5. The first kappa shape index (κ1) is 19.8. The molecule has 31 heavy (non-hydrogen) atoms. The topological polar surface area (TPSA) is 96.7 Å². The van der Waals surface area contributed by atoms with Crippen molar-refractivity contribution < 1.29 is 18.4 Å². The number of aromatic nitrogens is 5. The number of halogens is 1. The lowest BCUT2D eigenvalue weighted by molar-refractivity contribution is -0.0342. The van der Waals surface area contributed by atoms with Crippen LogP contribution in [-0.4, -0.2) is 44.9 Å². The summed E-state index contributed by atoms with van der Waals surface area (Å²) in [4.78, 5) is 22.3. The van der Waals surface area contributed by atoms with Crippen molar-refractivity contribution in [1.29, 1.82) is 0 Å². The predicted molar refractivity (Wildman–Crippen MR) is 109 cm³/mol. The Morgan fingerprint density at radius 1 is 1.23 bits per heavy atom. The third kappa shape index (κ3) is 2.97. The fourth-order valence-corrected chi connectivity index (χ4v) is 4.45. The molecule has 1 aliphatic carbocycles. The Morgan fingerprint density at radius 3 is 2.77 bits per heavy atom. The van der Waals surface area contributed by atoms with Crippen LogP contribution in [0, 0.1) is 5.82 Å². The summed E-state index contributed by atoms with van der Waals surface area (Å²) in [7, 11) is 3.16. The molecule has 0 radical (unpaired) electrons. The van der Waals surface area contributed by atoms with Crippen molar-refractivity contribution in [3.8, 4) is 11.5 Å². The number of imidazole rings is 1. The second kappa shape index (κ2) is 7.54. The molecular weight excluding hydrogens is 405 g/mol. The van der Waals surface area contributed by atoms with Gasteiger partial charge in [0.25, 0.3) is 11.4 Å². The highest BCUT2D eigenvalue weighted by Gasteiger charge is 2.41. The van der Waals surface area contributed by atoms with Crippen LogP contribution in [0.1, 0.15) is 31.6 Å². The number of hydrogen-bond donors (Lipinski definition) is 0. The zero-order valence-corrected chi connectivity index (χ0v) is 17.3. The molecule has 0 N–H and O–H groups in total. The van der Waals surface area contributed by atoms with E-state index in [0.717, 1.165) is 25.7 Å². The van der Waals surface area contributed by atoms with E-state index in [0.29, 0.717) is 11.4 Å². The van der Waals surface area contributed by atoms with Gasteiger partial charge in [-0.25, -0.2) is 9.37 Å². The third-order valence-corrected chi connectivity index (χ3v) is 6.06. The molecule has 1 aliphatic rings. The smallest absolute Gasteiger partial charge is 0.277 e. The minimum absolute atomic E-state index is 0.193. The Balaban J connectivity index is 1.73. The Hall–Kier alpha value is -3.11. The number of hydrogen-bond acceptors (Lipinski definition) is 7. The minimum Gasteiger partial charge on any atom is -0.383 e. The Morgan fingerprint density at radius 2 is 2.03 bits per heavy atom. The van der Waals surface area contributed by atoms with Gasteiger partial charge < -0.3 is 18.6 Å². The quantitative estimate of drug-likeness (QED) is 0.467. The molecule has 1 aromatic carbocycles. The molecule has 0 atom stereocenters. The van der Waals surface area contributed by atoms with E-state index in [1.807, 2.05) is 0 Å². The molecule has 162 valence electrons. The van der Waals surface area contributed by atoms with Crippen molar-refractivity contribution in [2.24, 2.45) is 0 Å². The summed E-state index contributed by atoms with van der Waals surface area (Å²) in [6.45, 7) is 0.448. The van der Waals surface area contributed by atoms with Gasteiger partial charge >= 0.3 is 0 Å². The van der Waals surface area contributed by atoms with Gasteiger partial charge in [-0.15, -0.1) is 0 Å². The van der Waals surface area contributed by atoms with E-state index >= 15 is 0 Å².